The minimum Gasteiger partial charge on any atom is -0.481 e. The van der Waals surface area contributed by atoms with Gasteiger partial charge in [-0.05, 0) is 6.07 Å². The third-order valence-electron chi connectivity index (χ3n) is 3.06. The normalized spacial score (nSPS) is 11.1. The van der Waals surface area contributed by atoms with Gasteiger partial charge >= 0.3 is 6.03 Å². The summed E-state index contributed by atoms with van der Waals surface area (Å²) in [6, 6.07) is 6.27. The number of aromatic nitrogens is 2. The van der Waals surface area contributed by atoms with Crippen LogP contribution in [0.2, 0.25) is 0 Å². The summed E-state index contributed by atoms with van der Waals surface area (Å²) in [5.74, 6) is 0.0513. The number of hydrogen-bond acceptors (Lipinski definition) is 9. The van der Waals surface area contributed by atoms with Gasteiger partial charge in [0.15, 0.2) is 0 Å². The van der Waals surface area contributed by atoms with Crippen LogP contribution in [0.1, 0.15) is 5.56 Å². The quantitative estimate of drug-likeness (QED) is 0.522. The summed E-state index contributed by atoms with van der Waals surface area (Å²) in [4.78, 5) is 24.3. The number of ether oxygens (including phenoxy) is 2. The third-order valence-corrected chi connectivity index (χ3v) is 4.46. The van der Waals surface area contributed by atoms with Gasteiger partial charge < -0.3 is 14.3 Å². The van der Waals surface area contributed by atoms with E-state index in [1.807, 2.05) is 4.72 Å². The van der Waals surface area contributed by atoms with E-state index < -0.39 is 16.1 Å². The number of rotatable bonds is 7. The minimum atomic E-state index is -4.20. The number of hydrogen-bond donors (Lipinski definition) is 2. The lowest BCUT2D eigenvalue weighted by atomic mass is 10.2. The van der Waals surface area contributed by atoms with Gasteiger partial charge in [0.1, 0.15) is 7.11 Å². The molecular formula is C15H17N5O6S. The summed E-state index contributed by atoms with van der Waals surface area (Å²) in [6.45, 7) is 0. The van der Waals surface area contributed by atoms with Gasteiger partial charge in [0, 0.05) is 5.56 Å². The number of methoxy groups -OCH3 is 2. The smallest absolute Gasteiger partial charge is 0.335 e. The van der Waals surface area contributed by atoms with Crippen molar-refractivity contribution < 1.29 is 27.5 Å². The number of benzene rings is 1. The van der Waals surface area contributed by atoms with E-state index in [1.165, 1.54) is 51.8 Å². The highest BCUT2D eigenvalue weighted by Gasteiger charge is 2.21. The molecule has 0 saturated heterocycles. The van der Waals surface area contributed by atoms with E-state index in [0.717, 1.165) is 0 Å². The fraction of sp³-hybridized carbons (Fsp3) is 0.200. The van der Waals surface area contributed by atoms with Gasteiger partial charge in [-0.15, -0.1) is 0 Å². The van der Waals surface area contributed by atoms with E-state index in [2.05, 4.69) is 25.3 Å². The van der Waals surface area contributed by atoms with Crippen molar-refractivity contribution in [2.75, 3.05) is 26.6 Å². The Labute approximate surface area is 155 Å². The molecule has 2 N–H and O–H groups in total. The summed E-state index contributed by atoms with van der Waals surface area (Å²) in [6.07, 6.45) is 1.21. The zero-order valence-corrected chi connectivity index (χ0v) is 15.5. The van der Waals surface area contributed by atoms with Crippen molar-refractivity contribution in [1.82, 2.24) is 14.7 Å². The first kappa shape index (κ1) is 19.9. The molecule has 27 heavy (non-hydrogen) atoms. The van der Waals surface area contributed by atoms with Gasteiger partial charge in [-0.3, -0.25) is 5.32 Å². The average molecular weight is 395 g/mol. The Kier molecular flexibility index (Phi) is 6.49. The maximum Gasteiger partial charge on any atom is 0.335 e. The van der Waals surface area contributed by atoms with Crippen LogP contribution in [0.4, 0.5) is 10.7 Å². The minimum absolute atomic E-state index is 0.126. The highest BCUT2D eigenvalue weighted by molar-refractivity contribution is 7.90. The second-order valence-electron chi connectivity index (χ2n) is 4.79. The van der Waals surface area contributed by atoms with Crippen LogP contribution in [-0.4, -0.2) is 52.0 Å². The molecule has 0 radical (unpaired) electrons. The number of nitrogens with one attached hydrogen (secondary N) is 2. The zero-order valence-electron chi connectivity index (χ0n) is 14.7. The average Bonchev–Trinajstić information content (AvgIpc) is 2.65. The molecule has 1 heterocycles. The SMILES string of the molecule is CO/N=C/c1ccccc1S(=O)(=O)NC(=O)Nc1nc(OC)cc(OC)n1. The molecule has 0 aliphatic rings. The topological polar surface area (TPSA) is 141 Å². The molecule has 2 amide bonds. The van der Waals surface area contributed by atoms with E-state index >= 15 is 0 Å². The van der Waals surface area contributed by atoms with Crippen molar-refractivity contribution in [3.05, 3.63) is 35.9 Å². The fourth-order valence-electron chi connectivity index (χ4n) is 1.91. The first-order valence-electron chi connectivity index (χ1n) is 7.36. The molecule has 11 nitrogen and oxygen atoms in total. The predicted octanol–water partition coefficient (Wildman–Crippen LogP) is 0.985. The molecule has 0 spiro atoms. The molecule has 0 unspecified atom stereocenters. The van der Waals surface area contributed by atoms with Gasteiger partial charge in [0.25, 0.3) is 10.0 Å². The Morgan fingerprint density at radius 2 is 1.74 bits per heavy atom. The van der Waals surface area contributed by atoms with Gasteiger partial charge in [0.2, 0.25) is 17.7 Å². The predicted molar refractivity (Wildman–Crippen MR) is 95.5 cm³/mol. The first-order valence-corrected chi connectivity index (χ1v) is 8.84. The molecule has 0 atom stereocenters. The molecule has 2 rings (SSSR count). The number of amides is 2. The number of oxime groups is 1. The molecule has 0 aliphatic heterocycles. The third kappa shape index (κ3) is 5.28. The van der Waals surface area contributed by atoms with Crippen LogP contribution in [0.25, 0.3) is 0 Å². The van der Waals surface area contributed by atoms with E-state index in [4.69, 9.17) is 9.47 Å². The molecule has 1 aromatic heterocycles. The number of anilines is 1. The van der Waals surface area contributed by atoms with Crippen molar-refractivity contribution >= 4 is 28.2 Å². The first-order chi connectivity index (χ1) is 12.9. The number of sulfonamides is 1. The lowest BCUT2D eigenvalue weighted by Gasteiger charge is -2.10. The maximum atomic E-state index is 12.5. The Morgan fingerprint density at radius 3 is 2.33 bits per heavy atom. The maximum absolute atomic E-state index is 12.5. The van der Waals surface area contributed by atoms with Crippen LogP contribution in [0, 0.1) is 0 Å². The molecule has 12 heteroatoms. The second-order valence-corrected chi connectivity index (χ2v) is 6.44. The fourth-order valence-corrected chi connectivity index (χ4v) is 3.01. The van der Waals surface area contributed by atoms with Crippen molar-refractivity contribution in [3.8, 4) is 11.8 Å². The lowest BCUT2D eigenvalue weighted by Crippen LogP contribution is -2.35. The molecule has 0 saturated carbocycles. The number of carbonyl (C=O) groups is 1. The summed E-state index contributed by atoms with van der Waals surface area (Å²) in [5, 5.41) is 5.75. The monoisotopic (exact) mass is 395 g/mol. The van der Waals surface area contributed by atoms with Crippen LogP contribution < -0.4 is 19.5 Å². The van der Waals surface area contributed by atoms with Crippen molar-refractivity contribution in [2.45, 2.75) is 4.90 Å². The number of urea groups is 1. The number of nitrogens with zero attached hydrogens (tertiary/aromatic N) is 3. The lowest BCUT2D eigenvalue weighted by molar-refractivity contribution is 0.215. The van der Waals surface area contributed by atoms with Crippen molar-refractivity contribution in [3.63, 3.8) is 0 Å². The zero-order chi connectivity index (χ0) is 19.9. The van der Waals surface area contributed by atoms with Crippen molar-refractivity contribution in [1.29, 1.82) is 0 Å². The van der Waals surface area contributed by atoms with Crippen LogP contribution in [0.3, 0.4) is 0 Å². The number of carbonyl (C=O) groups excluding carboxylic acids is 1. The Bertz CT molecular complexity index is 925. The molecule has 144 valence electrons. The Hall–Kier alpha value is -3.41. The molecule has 0 bridgehead atoms. The van der Waals surface area contributed by atoms with E-state index in [1.54, 1.807) is 6.07 Å². The molecular weight excluding hydrogens is 378 g/mol. The van der Waals surface area contributed by atoms with Crippen LogP contribution in [0.5, 0.6) is 11.8 Å². The van der Waals surface area contributed by atoms with Crippen LogP contribution in [0.15, 0.2) is 40.4 Å². The molecule has 0 aliphatic carbocycles. The highest BCUT2D eigenvalue weighted by Crippen LogP contribution is 2.18. The standard InChI is InChI=1S/C15H17N5O6S/c1-24-12-8-13(25-2)18-14(17-12)19-15(21)20-27(22,23)11-7-5-4-6-10(11)9-16-26-3/h4-9H,1-3H3,(H2,17,18,19,20,21)/b16-9+. The Morgan fingerprint density at radius 1 is 1.11 bits per heavy atom. The summed E-state index contributed by atoms with van der Waals surface area (Å²) >= 11 is 0. The molecule has 2 aromatic rings. The molecule has 1 aromatic carbocycles. The van der Waals surface area contributed by atoms with E-state index in [0.29, 0.717) is 0 Å². The van der Waals surface area contributed by atoms with Gasteiger partial charge in [0.05, 0.1) is 31.4 Å². The summed E-state index contributed by atoms with van der Waals surface area (Å²) in [7, 11) is -0.139. The van der Waals surface area contributed by atoms with Crippen molar-refractivity contribution in [2.24, 2.45) is 5.16 Å². The van der Waals surface area contributed by atoms with E-state index in [-0.39, 0.29) is 28.2 Å². The second kappa shape index (κ2) is 8.80. The van der Waals surface area contributed by atoms with Gasteiger partial charge in [-0.25, -0.2) is 17.9 Å². The van der Waals surface area contributed by atoms with E-state index in [9.17, 15) is 13.2 Å². The van der Waals surface area contributed by atoms with Gasteiger partial charge in [-0.1, -0.05) is 23.4 Å². The van der Waals surface area contributed by atoms with Crippen LogP contribution >= 0.6 is 0 Å². The van der Waals surface area contributed by atoms with Gasteiger partial charge in [-0.2, -0.15) is 9.97 Å². The Balaban J connectivity index is 2.22. The van der Waals surface area contributed by atoms with Crippen LogP contribution in [-0.2, 0) is 14.9 Å². The summed E-state index contributed by atoms with van der Waals surface area (Å²) < 4.78 is 36.8. The summed E-state index contributed by atoms with van der Waals surface area (Å²) in [5.41, 5.74) is 0.235. The molecule has 0 fully saturated rings. The largest absolute Gasteiger partial charge is 0.481 e. The highest BCUT2D eigenvalue weighted by atomic mass is 32.2.